The fraction of sp³-hybridized carbons (Fsp3) is 0.240. The predicted molar refractivity (Wildman–Crippen MR) is 279 cm³/mol. The van der Waals surface area contributed by atoms with E-state index in [1.54, 1.807) is 101 Å². The van der Waals surface area contributed by atoms with Crippen LogP contribution in [0.25, 0.3) is 11.3 Å². The van der Waals surface area contributed by atoms with Gasteiger partial charge in [-0.2, -0.15) is 0 Å². The first-order valence-corrected chi connectivity index (χ1v) is 25.8. The summed E-state index contributed by atoms with van der Waals surface area (Å²) in [6.45, 7) is 14.7. The molecule has 0 aliphatic carbocycles. The minimum absolute atomic E-state index is 0.0899. The fourth-order valence-electron chi connectivity index (χ4n) is 6.12. The number of nitrogens with two attached hydrogens (primary N) is 2. The van der Waals surface area contributed by atoms with Crippen LogP contribution in [0.5, 0.6) is 0 Å². The number of aromatic nitrogens is 5. The second kappa shape index (κ2) is 22.9. The van der Waals surface area contributed by atoms with Gasteiger partial charge in [0.25, 0.3) is 5.24 Å². The molecule has 8 rings (SSSR count). The summed E-state index contributed by atoms with van der Waals surface area (Å²) in [4.78, 5) is 30.5. The number of carbonyl (C=O) groups excluding carboxylic acids is 1. The highest BCUT2D eigenvalue weighted by atomic mass is 35.5. The Morgan fingerprint density at radius 1 is 0.542 bits per heavy atom. The average molecular weight is 1080 g/mol. The lowest BCUT2D eigenvalue weighted by Gasteiger charge is -2.32. The molecule has 0 spiro atoms. The average Bonchev–Trinajstić information content (AvgIpc) is 3.55. The topological polar surface area (TPSA) is 261 Å². The zero-order chi connectivity index (χ0) is 53.5. The van der Waals surface area contributed by atoms with Gasteiger partial charge in [-0.15, -0.1) is 0 Å². The van der Waals surface area contributed by atoms with Crippen molar-refractivity contribution < 1.29 is 41.2 Å². The first kappa shape index (κ1) is 57.0. The zero-order valence-electron chi connectivity index (χ0n) is 40.4. The summed E-state index contributed by atoms with van der Waals surface area (Å²) in [5.41, 5.74) is 12.4. The number of hydrogen-bond acceptors (Lipinski definition) is 16. The van der Waals surface area contributed by atoms with Gasteiger partial charge in [-0.25, -0.2) is 36.8 Å². The van der Waals surface area contributed by atoms with Gasteiger partial charge in [0, 0.05) is 47.7 Å². The van der Waals surface area contributed by atoms with Crippen molar-refractivity contribution >= 4 is 83.9 Å². The fourth-order valence-corrected chi connectivity index (χ4v) is 8.86. The Morgan fingerprint density at radius 2 is 0.944 bits per heavy atom. The summed E-state index contributed by atoms with van der Waals surface area (Å²) in [5, 5.41) is 19.7. The Kier molecular flexibility index (Phi) is 18.2. The van der Waals surface area contributed by atoms with Crippen molar-refractivity contribution in [3.63, 3.8) is 0 Å². The highest BCUT2D eigenvalue weighted by Crippen LogP contribution is 2.37. The second-order valence-electron chi connectivity index (χ2n) is 18.1. The van der Waals surface area contributed by atoms with Crippen LogP contribution < -0.4 is 16.9 Å². The molecule has 2 aromatic carbocycles. The lowest BCUT2D eigenvalue weighted by atomic mass is 9.79. The molecule has 6 N–H and O–H groups in total. The van der Waals surface area contributed by atoms with Crippen LogP contribution >= 0.6 is 34.8 Å². The van der Waals surface area contributed by atoms with Crippen LogP contribution in [0.4, 0.5) is 11.6 Å². The van der Waals surface area contributed by atoms with Crippen LogP contribution in [-0.2, 0) is 40.2 Å². The highest BCUT2D eigenvalue weighted by Gasteiger charge is 2.51. The van der Waals surface area contributed by atoms with Gasteiger partial charge in [0.05, 0.1) is 53.2 Å². The molecule has 1 aliphatic heterocycles. The van der Waals surface area contributed by atoms with Gasteiger partial charge < -0.3 is 31.0 Å². The largest absolute Gasteiger partial charge is 0.494 e. The Hall–Kier alpha value is -5.87. The molecule has 6 heterocycles. The van der Waals surface area contributed by atoms with E-state index in [0.717, 1.165) is 16.6 Å². The van der Waals surface area contributed by atoms with Crippen LogP contribution in [0.3, 0.4) is 0 Å². The summed E-state index contributed by atoms with van der Waals surface area (Å²) < 4.78 is 62.5. The Morgan fingerprint density at radius 3 is 1.29 bits per heavy atom. The van der Waals surface area contributed by atoms with Gasteiger partial charge in [0.15, 0.2) is 0 Å². The minimum atomic E-state index is -3.65. The van der Waals surface area contributed by atoms with E-state index < -0.39 is 54.4 Å². The molecule has 7 aromatic rings. The number of aliphatic hydroxyl groups is 2. The number of hydrogen-bond donors (Lipinski definition) is 4. The number of carbonyl (C=O) groups is 1. The van der Waals surface area contributed by atoms with Crippen LogP contribution in [-0.4, -0.2) is 75.5 Å². The Labute approximate surface area is 434 Å². The molecular formula is C50H53BCl3N7O9S2. The van der Waals surface area contributed by atoms with E-state index >= 15 is 0 Å². The molecule has 16 nitrogen and oxygen atoms in total. The molecule has 5 aromatic heterocycles. The number of anilines is 2. The van der Waals surface area contributed by atoms with Crippen LogP contribution in [0.2, 0.25) is 10.3 Å². The standard InChI is InChI=1S/C19H19N3O3S.C17H21BN2O4S.C8H10ClNO.C6H3Cl2NO/c1-19(2,23)14-5-9-17(21-11-14)13-3-6-15(7-4-13)26(24,25)16-8-10-18(20)22-12-16;1-16(2)17(3,4)24-18(23-16)12-5-7-13(8-6-12)25(21,22)14-9-10-15(19)20-11-14;1-8(2,11)6-3-4-7(9)10-5-6;7-5-2-1-4(3-9-5)6(8)10/h3-12,23H,1-2H3,(H2,20,22);5-11H,1-4H3,(H2,19,20);3-5,11H,1-2H3;1-3H. The molecule has 1 aliphatic rings. The Bertz CT molecular complexity index is 3150. The zero-order valence-corrected chi connectivity index (χ0v) is 44.4. The van der Waals surface area contributed by atoms with Gasteiger partial charge in [0.1, 0.15) is 21.9 Å². The van der Waals surface area contributed by atoms with Crippen LogP contribution in [0.15, 0.2) is 160 Å². The number of benzene rings is 2. The highest BCUT2D eigenvalue weighted by molar-refractivity contribution is 7.91. The van der Waals surface area contributed by atoms with Gasteiger partial charge in [-0.1, -0.05) is 59.6 Å². The van der Waals surface area contributed by atoms with E-state index in [-0.39, 0.29) is 31.2 Å². The minimum Gasteiger partial charge on any atom is -0.399 e. The molecule has 72 heavy (non-hydrogen) atoms. The number of sulfone groups is 2. The van der Waals surface area contributed by atoms with E-state index in [1.165, 1.54) is 67.1 Å². The van der Waals surface area contributed by atoms with E-state index in [2.05, 4.69) is 24.9 Å². The van der Waals surface area contributed by atoms with Gasteiger partial charge in [0.2, 0.25) is 19.7 Å². The first-order chi connectivity index (χ1) is 33.4. The number of nitrogens with zero attached hydrogens (tertiary/aromatic N) is 5. The summed E-state index contributed by atoms with van der Waals surface area (Å²) in [5.74, 6) is 0.537. The first-order valence-electron chi connectivity index (χ1n) is 21.7. The molecule has 0 bridgehead atoms. The molecule has 378 valence electrons. The molecule has 0 saturated carbocycles. The Balaban J connectivity index is 0.000000193. The molecule has 0 atom stereocenters. The van der Waals surface area contributed by atoms with Crippen molar-refractivity contribution in [1.29, 1.82) is 0 Å². The van der Waals surface area contributed by atoms with Crippen molar-refractivity contribution in [2.45, 2.75) is 97.4 Å². The van der Waals surface area contributed by atoms with Crippen molar-refractivity contribution in [3.8, 4) is 11.3 Å². The van der Waals surface area contributed by atoms with Crippen molar-refractivity contribution in [3.05, 3.63) is 167 Å². The molecule has 1 fully saturated rings. The SMILES string of the molecule is CC(C)(O)c1ccc(-c2ccc(S(=O)(=O)c3ccc(N)nc3)cc2)nc1.CC(C)(O)c1ccc(Cl)nc1.CC1(C)OB(c2ccc(S(=O)(=O)c3ccc(N)nc3)cc2)OC1(C)C.O=C(Cl)c1ccc(Cl)nc1. The summed E-state index contributed by atoms with van der Waals surface area (Å²) in [6, 6.07) is 28.8. The maximum Gasteiger partial charge on any atom is 0.494 e. The molecule has 0 amide bonds. The van der Waals surface area contributed by atoms with Gasteiger partial charge in [-0.3, -0.25) is 9.78 Å². The summed E-state index contributed by atoms with van der Waals surface area (Å²) in [6.07, 6.45) is 7.02. The van der Waals surface area contributed by atoms with E-state index in [9.17, 15) is 31.8 Å². The molecule has 0 unspecified atom stereocenters. The quantitative estimate of drug-likeness (QED) is 0.0599. The number of nitrogen functional groups attached to an aromatic ring is 2. The smallest absolute Gasteiger partial charge is 0.399 e. The van der Waals surface area contributed by atoms with E-state index in [4.69, 9.17) is 55.6 Å². The monoisotopic (exact) mass is 1080 g/mol. The van der Waals surface area contributed by atoms with E-state index in [0.29, 0.717) is 27.1 Å². The third-order valence-corrected chi connectivity index (χ3v) is 15.3. The van der Waals surface area contributed by atoms with Crippen LogP contribution in [0.1, 0.15) is 76.9 Å². The molecule has 22 heteroatoms. The molecule has 1 saturated heterocycles. The lowest BCUT2D eigenvalue weighted by molar-refractivity contribution is 0.00578. The maximum atomic E-state index is 12.6. The van der Waals surface area contributed by atoms with Gasteiger partial charge in [-0.05, 0) is 145 Å². The normalized spacial score (nSPS) is 14.1. The van der Waals surface area contributed by atoms with Crippen molar-refractivity contribution in [2.24, 2.45) is 0 Å². The third kappa shape index (κ3) is 14.9. The number of pyridine rings is 5. The molecule has 0 radical (unpaired) electrons. The lowest BCUT2D eigenvalue weighted by Crippen LogP contribution is -2.41. The van der Waals surface area contributed by atoms with Gasteiger partial charge >= 0.3 is 7.12 Å². The summed E-state index contributed by atoms with van der Waals surface area (Å²) >= 11 is 16.2. The number of rotatable bonds is 9. The second-order valence-corrected chi connectivity index (χ2v) is 23.1. The van der Waals surface area contributed by atoms with Crippen molar-refractivity contribution in [1.82, 2.24) is 24.9 Å². The summed E-state index contributed by atoms with van der Waals surface area (Å²) in [7, 11) is -7.82. The van der Waals surface area contributed by atoms with E-state index in [1.807, 2.05) is 27.7 Å². The molecular weight excluding hydrogens is 1020 g/mol. The third-order valence-electron chi connectivity index (χ3n) is 11.2. The van der Waals surface area contributed by atoms with Crippen molar-refractivity contribution in [2.75, 3.05) is 11.5 Å². The maximum absolute atomic E-state index is 12.6. The van der Waals surface area contributed by atoms with Crippen LogP contribution in [0, 0.1) is 0 Å². The predicted octanol–water partition coefficient (Wildman–Crippen LogP) is 8.66. The number of halogens is 3.